The molecule has 1 aromatic carbocycles. The van der Waals surface area contributed by atoms with Gasteiger partial charge in [-0.3, -0.25) is 0 Å². The number of aryl methyl sites for hydroxylation is 1. The molecule has 0 aliphatic heterocycles. The van der Waals surface area contributed by atoms with Crippen molar-refractivity contribution in [3.05, 3.63) is 29.3 Å². The Bertz CT molecular complexity index is 427. The molecule has 0 radical (unpaired) electrons. The number of esters is 1. The molecule has 0 heterocycles. The number of hydrogen-bond acceptors (Lipinski definition) is 3. The van der Waals surface area contributed by atoms with Crippen LogP contribution in [0.2, 0.25) is 0 Å². The SMILES string of the molecule is Cc1cccc(OC(=O)COCC(F)(F)F)c1C. The minimum atomic E-state index is -4.44. The lowest BCUT2D eigenvalue weighted by Crippen LogP contribution is -2.23. The number of benzene rings is 1. The Kier molecular flexibility index (Phi) is 4.72. The molecule has 3 nitrogen and oxygen atoms in total. The highest BCUT2D eigenvalue weighted by atomic mass is 19.4. The van der Waals surface area contributed by atoms with E-state index in [-0.39, 0.29) is 0 Å². The van der Waals surface area contributed by atoms with Crippen LogP contribution in [0.1, 0.15) is 11.1 Å². The van der Waals surface area contributed by atoms with Crippen LogP contribution in [0.15, 0.2) is 18.2 Å². The average molecular weight is 262 g/mol. The van der Waals surface area contributed by atoms with E-state index < -0.39 is 25.4 Å². The van der Waals surface area contributed by atoms with Gasteiger partial charge in [-0.1, -0.05) is 12.1 Å². The first-order valence-electron chi connectivity index (χ1n) is 5.21. The lowest BCUT2D eigenvalue weighted by Gasteiger charge is -2.10. The Labute approximate surface area is 103 Å². The van der Waals surface area contributed by atoms with Gasteiger partial charge in [0.05, 0.1) is 0 Å². The molecule has 1 rings (SSSR count). The molecule has 1 aromatic rings. The smallest absolute Gasteiger partial charge is 0.411 e. The molecule has 0 spiro atoms. The van der Waals surface area contributed by atoms with Crippen molar-refractivity contribution in [3.8, 4) is 5.75 Å². The van der Waals surface area contributed by atoms with Crippen molar-refractivity contribution < 1.29 is 27.4 Å². The van der Waals surface area contributed by atoms with Gasteiger partial charge in [0.2, 0.25) is 0 Å². The fourth-order valence-corrected chi connectivity index (χ4v) is 1.24. The van der Waals surface area contributed by atoms with Crippen molar-refractivity contribution in [2.45, 2.75) is 20.0 Å². The van der Waals surface area contributed by atoms with Crippen LogP contribution in [-0.2, 0) is 9.53 Å². The molecule has 6 heteroatoms. The average Bonchev–Trinajstić information content (AvgIpc) is 2.23. The summed E-state index contributed by atoms with van der Waals surface area (Å²) in [7, 11) is 0. The summed E-state index contributed by atoms with van der Waals surface area (Å²) >= 11 is 0. The second-order valence-corrected chi connectivity index (χ2v) is 3.78. The molecule has 0 bridgehead atoms. The van der Waals surface area contributed by atoms with Crippen LogP contribution in [0.25, 0.3) is 0 Å². The number of alkyl halides is 3. The zero-order valence-electron chi connectivity index (χ0n) is 10.0. The summed E-state index contributed by atoms with van der Waals surface area (Å²) in [5.41, 5.74) is 1.69. The molecular weight excluding hydrogens is 249 g/mol. The van der Waals surface area contributed by atoms with Gasteiger partial charge in [-0.25, -0.2) is 4.79 Å². The summed E-state index contributed by atoms with van der Waals surface area (Å²) < 4.78 is 44.4. The Balaban J connectivity index is 2.48. The number of rotatable bonds is 4. The first-order valence-corrected chi connectivity index (χ1v) is 5.21. The van der Waals surface area contributed by atoms with Crippen LogP contribution < -0.4 is 4.74 Å². The predicted octanol–water partition coefficient (Wildman–Crippen LogP) is 2.79. The van der Waals surface area contributed by atoms with E-state index in [1.807, 2.05) is 13.0 Å². The Morgan fingerprint density at radius 3 is 2.56 bits per heavy atom. The van der Waals surface area contributed by atoms with Gasteiger partial charge in [0.25, 0.3) is 0 Å². The third-order valence-electron chi connectivity index (χ3n) is 2.26. The van der Waals surface area contributed by atoms with Gasteiger partial charge in [0.15, 0.2) is 0 Å². The molecule has 0 saturated carbocycles. The second kappa shape index (κ2) is 5.86. The van der Waals surface area contributed by atoms with E-state index in [2.05, 4.69) is 4.74 Å². The van der Waals surface area contributed by atoms with Crippen LogP contribution in [0.5, 0.6) is 5.75 Å². The maximum Gasteiger partial charge on any atom is 0.411 e. The fraction of sp³-hybridized carbons (Fsp3) is 0.417. The zero-order chi connectivity index (χ0) is 13.8. The van der Waals surface area contributed by atoms with Crippen LogP contribution in [0.4, 0.5) is 13.2 Å². The summed E-state index contributed by atoms with van der Waals surface area (Å²) in [6, 6.07) is 5.11. The Morgan fingerprint density at radius 2 is 1.94 bits per heavy atom. The lowest BCUT2D eigenvalue weighted by atomic mass is 10.1. The fourth-order valence-electron chi connectivity index (χ4n) is 1.24. The second-order valence-electron chi connectivity index (χ2n) is 3.78. The van der Waals surface area contributed by atoms with Crippen molar-refractivity contribution >= 4 is 5.97 Å². The summed E-state index contributed by atoms with van der Waals surface area (Å²) in [6.45, 7) is 1.41. The number of halogens is 3. The first-order chi connectivity index (χ1) is 8.29. The van der Waals surface area contributed by atoms with Crippen molar-refractivity contribution in [1.82, 2.24) is 0 Å². The summed E-state index contributed by atoms with van der Waals surface area (Å²) in [5.74, 6) is -0.524. The Morgan fingerprint density at radius 1 is 1.28 bits per heavy atom. The third-order valence-corrected chi connectivity index (χ3v) is 2.26. The van der Waals surface area contributed by atoms with E-state index in [1.54, 1.807) is 19.1 Å². The van der Waals surface area contributed by atoms with Crippen LogP contribution in [-0.4, -0.2) is 25.4 Å². The van der Waals surface area contributed by atoms with E-state index in [1.165, 1.54) is 0 Å². The zero-order valence-corrected chi connectivity index (χ0v) is 10.0. The van der Waals surface area contributed by atoms with Crippen LogP contribution in [0.3, 0.4) is 0 Å². The van der Waals surface area contributed by atoms with E-state index in [9.17, 15) is 18.0 Å². The Hall–Kier alpha value is -1.56. The van der Waals surface area contributed by atoms with Gasteiger partial charge in [-0.05, 0) is 31.0 Å². The van der Waals surface area contributed by atoms with Crippen molar-refractivity contribution in [1.29, 1.82) is 0 Å². The molecule has 0 aliphatic carbocycles. The van der Waals surface area contributed by atoms with E-state index in [4.69, 9.17) is 4.74 Å². The van der Waals surface area contributed by atoms with E-state index in [0.717, 1.165) is 11.1 Å². The monoisotopic (exact) mass is 262 g/mol. The minimum absolute atomic E-state index is 0.329. The maximum absolute atomic E-state index is 11.8. The molecule has 0 aliphatic rings. The van der Waals surface area contributed by atoms with E-state index in [0.29, 0.717) is 5.75 Å². The summed E-state index contributed by atoms with van der Waals surface area (Å²) in [5, 5.41) is 0. The molecule has 0 aromatic heterocycles. The molecule has 0 atom stereocenters. The highest BCUT2D eigenvalue weighted by Crippen LogP contribution is 2.20. The molecule has 0 saturated heterocycles. The molecule has 18 heavy (non-hydrogen) atoms. The predicted molar refractivity (Wildman–Crippen MR) is 58.4 cm³/mol. The number of carbonyl (C=O) groups excluding carboxylic acids is 1. The first kappa shape index (κ1) is 14.5. The quantitative estimate of drug-likeness (QED) is 0.618. The number of hydrogen-bond donors (Lipinski definition) is 0. The normalized spacial score (nSPS) is 11.4. The van der Waals surface area contributed by atoms with Gasteiger partial charge in [-0.15, -0.1) is 0 Å². The van der Waals surface area contributed by atoms with Gasteiger partial charge >= 0.3 is 12.1 Å². The molecular formula is C12H13F3O3. The summed E-state index contributed by atoms with van der Waals surface area (Å²) in [6.07, 6.45) is -4.44. The van der Waals surface area contributed by atoms with Crippen LogP contribution >= 0.6 is 0 Å². The molecule has 0 fully saturated rings. The number of ether oxygens (including phenoxy) is 2. The standard InChI is InChI=1S/C12H13F3O3/c1-8-4-3-5-10(9(8)2)18-11(16)6-17-7-12(13,14)15/h3-5H,6-7H2,1-2H3. The van der Waals surface area contributed by atoms with Crippen molar-refractivity contribution in [2.24, 2.45) is 0 Å². The minimum Gasteiger partial charge on any atom is -0.425 e. The lowest BCUT2D eigenvalue weighted by molar-refractivity contribution is -0.178. The highest BCUT2D eigenvalue weighted by Gasteiger charge is 2.28. The maximum atomic E-state index is 11.8. The van der Waals surface area contributed by atoms with Gasteiger partial charge < -0.3 is 9.47 Å². The van der Waals surface area contributed by atoms with Crippen molar-refractivity contribution in [2.75, 3.05) is 13.2 Å². The number of carbonyl (C=O) groups is 1. The molecule has 0 amide bonds. The van der Waals surface area contributed by atoms with Gasteiger partial charge in [-0.2, -0.15) is 13.2 Å². The third kappa shape index (κ3) is 4.75. The van der Waals surface area contributed by atoms with Crippen molar-refractivity contribution in [3.63, 3.8) is 0 Å². The van der Waals surface area contributed by atoms with Crippen LogP contribution in [0, 0.1) is 13.8 Å². The summed E-state index contributed by atoms with van der Waals surface area (Å²) in [4.78, 5) is 11.2. The molecule has 100 valence electrons. The topological polar surface area (TPSA) is 35.5 Å². The molecule has 0 unspecified atom stereocenters. The van der Waals surface area contributed by atoms with E-state index >= 15 is 0 Å². The van der Waals surface area contributed by atoms with Gasteiger partial charge in [0, 0.05) is 0 Å². The van der Waals surface area contributed by atoms with Gasteiger partial charge in [0.1, 0.15) is 19.0 Å². The highest BCUT2D eigenvalue weighted by molar-refractivity contribution is 5.74. The molecule has 0 N–H and O–H groups in total. The largest absolute Gasteiger partial charge is 0.425 e.